The molecule has 1 aliphatic rings. The van der Waals surface area contributed by atoms with Gasteiger partial charge < -0.3 is 15.0 Å². The third-order valence-corrected chi connectivity index (χ3v) is 3.75. The Hall–Kier alpha value is -1.92. The summed E-state index contributed by atoms with van der Waals surface area (Å²) in [6, 6.07) is 4.98. The first-order valence-corrected chi connectivity index (χ1v) is 6.74. The molecule has 0 saturated carbocycles. The molecule has 1 aromatic carbocycles. The van der Waals surface area contributed by atoms with Gasteiger partial charge in [-0.05, 0) is 25.2 Å². The van der Waals surface area contributed by atoms with Gasteiger partial charge in [-0.2, -0.15) is 0 Å². The molecule has 0 atom stereocenters. The molecule has 0 amide bonds. The first-order chi connectivity index (χ1) is 9.61. The number of hydrogen-bond donors (Lipinski definition) is 2. The Balaban J connectivity index is 1.77. The number of carbonyl (C=O) groups is 1. The van der Waals surface area contributed by atoms with Gasteiger partial charge in [0, 0.05) is 26.2 Å². The second-order valence-electron chi connectivity index (χ2n) is 5.30. The summed E-state index contributed by atoms with van der Waals surface area (Å²) in [6.07, 6.45) is 0. The minimum atomic E-state index is -0.915. The summed E-state index contributed by atoms with van der Waals surface area (Å²) in [5, 5.41) is 8.99. The van der Waals surface area contributed by atoms with E-state index in [4.69, 9.17) is 5.11 Å². The summed E-state index contributed by atoms with van der Waals surface area (Å²) < 4.78 is 0. The number of piperazine rings is 1. The highest BCUT2D eigenvalue weighted by Gasteiger charge is 2.15. The van der Waals surface area contributed by atoms with Crippen LogP contribution in [0.2, 0.25) is 0 Å². The number of aromatic amines is 1. The predicted molar refractivity (Wildman–Crippen MR) is 75.8 cm³/mol. The number of H-pyrrole nitrogens is 1. The molecule has 1 aliphatic heterocycles. The smallest absolute Gasteiger partial charge is 0.335 e. The van der Waals surface area contributed by atoms with E-state index >= 15 is 0 Å². The highest BCUT2D eigenvalue weighted by molar-refractivity contribution is 5.92. The molecular formula is C14H18N4O2. The van der Waals surface area contributed by atoms with Crippen LogP contribution in [-0.4, -0.2) is 64.1 Å². The minimum absolute atomic E-state index is 0.285. The number of carboxylic acid groups (broad SMARTS) is 1. The average molecular weight is 274 g/mol. The highest BCUT2D eigenvalue weighted by Crippen LogP contribution is 2.15. The number of aromatic nitrogens is 2. The highest BCUT2D eigenvalue weighted by atomic mass is 16.4. The number of hydrogen-bond acceptors (Lipinski definition) is 4. The van der Waals surface area contributed by atoms with Crippen LogP contribution >= 0.6 is 0 Å². The van der Waals surface area contributed by atoms with Gasteiger partial charge >= 0.3 is 5.97 Å². The van der Waals surface area contributed by atoms with E-state index in [0.717, 1.165) is 49.6 Å². The van der Waals surface area contributed by atoms with Crippen molar-refractivity contribution in [2.24, 2.45) is 0 Å². The van der Waals surface area contributed by atoms with Crippen LogP contribution in [0.3, 0.4) is 0 Å². The molecular weight excluding hydrogens is 256 g/mol. The summed E-state index contributed by atoms with van der Waals surface area (Å²) in [6.45, 7) is 5.00. The number of carboxylic acids is 1. The summed E-state index contributed by atoms with van der Waals surface area (Å²) >= 11 is 0. The van der Waals surface area contributed by atoms with Gasteiger partial charge in [-0.25, -0.2) is 9.78 Å². The second kappa shape index (κ2) is 5.22. The first kappa shape index (κ1) is 13.1. The van der Waals surface area contributed by atoms with Crippen LogP contribution in [0.4, 0.5) is 0 Å². The number of nitrogens with zero attached hydrogens (tertiary/aromatic N) is 3. The van der Waals surface area contributed by atoms with E-state index in [1.54, 1.807) is 18.2 Å². The number of nitrogens with one attached hydrogen (secondary N) is 1. The first-order valence-electron chi connectivity index (χ1n) is 6.74. The Kier molecular flexibility index (Phi) is 3.42. The third kappa shape index (κ3) is 2.66. The van der Waals surface area contributed by atoms with Crippen molar-refractivity contribution < 1.29 is 9.90 Å². The Labute approximate surface area is 117 Å². The molecule has 6 heteroatoms. The Morgan fingerprint density at radius 2 is 2.10 bits per heavy atom. The van der Waals surface area contributed by atoms with Crippen LogP contribution in [0, 0.1) is 0 Å². The Morgan fingerprint density at radius 3 is 2.80 bits per heavy atom. The maximum absolute atomic E-state index is 11.0. The van der Waals surface area contributed by atoms with Crippen molar-refractivity contribution in [3.8, 4) is 0 Å². The van der Waals surface area contributed by atoms with Crippen molar-refractivity contribution in [1.82, 2.24) is 19.8 Å². The quantitative estimate of drug-likeness (QED) is 0.874. The van der Waals surface area contributed by atoms with Crippen molar-refractivity contribution in [3.05, 3.63) is 29.6 Å². The van der Waals surface area contributed by atoms with Crippen LogP contribution < -0.4 is 0 Å². The van der Waals surface area contributed by atoms with E-state index < -0.39 is 5.97 Å². The van der Waals surface area contributed by atoms with Gasteiger partial charge in [-0.3, -0.25) is 4.90 Å². The molecule has 0 bridgehead atoms. The van der Waals surface area contributed by atoms with Crippen LogP contribution in [0.25, 0.3) is 11.0 Å². The summed E-state index contributed by atoms with van der Waals surface area (Å²) in [5.74, 6) is -0.0193. The number of fused-ring (bicyclic) bond motifs is 1. The zero-order valence-electron chi connectivity index (χ0n) is 11.5. The molecule has 3 rings (SSSR count). The van der Waals surface area contributed by atoms with Gasteiger partial charge in [0.1, 0.15) is 5.82 Å². The molecule has 1 aromatic heterocycles. The topological polar surface area (TPSA) is 72.5 Å². The summed E-state index contributed by atoms with van der Waals surface area (Å²) in [7, 11) is 2.13. The van der Waals surface area contributed by atoms with Crippen LogP contribution in [0.1, 0.15) is 16.2 Å². The van der Waals surface area contributed by atoms with Gasteiger partial charge in [0.15, 0.2) is 0 Å². The molecule has 6 nitrogen and oxygen atoms in total. The van der Waals surface area contributed by atoms with E-state index in [1.807, 2.05) is 0 Å². The Bertz CT molecular complexity index is 629. The molecule has 0 unspecified atom stereocenters. The van der Waals surface area contributed by atoms with Crippen LogP contribution in [0.5, 0.6) is 0 Å². The number of rotatable bonds is 3. The van der Waals surface area contributed by atoms with Crippen LogP contribution in [0.15, 0.2) is 18.2 Å². The molecule has 1 fully saturated rings. The fourth-order valence-electron chi connectivity index (χ4n) is 2.49. The average Bonchev–Trinajstić information content (AvgIpc) is 2.82. The molecule has 2 heterocycles. The van der Waals surface area contributed by atoms with E-state index in [9.17, 15) is 4.79 Å². The van der Waals surface area contributed by atoms with E-state index in [1.165, 1.54) is 0 Å². The van der Waals surface area contributed by atoms with E-state index in [2.05, 4.69) is 26.8 Å². The van der Waals surface area contributed by atoms with E-state index in [-0.39, 0.29) is 5.56 Å². The molecule has 2 aromatic rings. The normalized spacial score (nSPS) is 17.6. The fraction of sp³-hybridized carbons (Fsp3) is 0.429. The van der Waals surface area contributed by atoms with Gasteiger partial charge in [0.05, 0.1) is 23.1 Å². The van der Waals surface area contributed by atoms with Gasteiger partial charge in [0.2, 0.25) is 0 Å². The van der Waals surface area contributed by atoms with E-state index in [0.29, 0.717) is 0 Å². The van der Waals surface area contributed by atoms with Crippen molar-refractivity contribution in [2.45, 2.75) is 6.54 Å². The largest absolute Gasteiger partial charge is 0.478 e. The molecule has 2 N–H and O–H groups in total. The Morgan fingerprint density at radius 1 is 1.35 bits per heavy atom. The van der Waals surface area contributed by atoms with Gasteiger partial charge in [-0.15, -0.1) is 0 Å². The molecule has 0 radical (unpaired) electrons. The minimum Gasteiger partial charge on any atom is -0.478 e. The van der Waals surface area contributed by atoms with Gasteiger partial charge in [-0.1, -0.05) is 0 Å². The monoisotopic (exact) mass is 274 g/mol. The van der Waals surface area contributed by atoms with Crippen LogP contribution in [-0.2, 0) is 6.54 Å². The second-order valence-corrected chi connectivity index (χ2v) is 5.30. The molecule has 0 spiro atoms. The molecule has 20 heavy (non-hydrogen) atoms. The zero-order chi connectivity index (χ0) is 14.1. The van der Waals surface area contributed by atoms with Crippen molar-refractivity contribution in [3.63, 3.8) is 0 Å². The third-order valence-electron chi connectivity index (χ3n) is 3.75. The fourth-order valence-corrected chi connectivity index (χ4v) is 2.49. The standard InChI is InChI=1S/C14H18N4O2/c1-17-4-6-18(7-5-17)9-13-15-11-3-2-10(14(19)20)8-12(11)16-13/h2-3,8H,4-7,9H2,1H3,(H,15,16)(H,19,20). The zero-order valence-corrected chi connectivity index (χ0v) is 11.5. The lowest BCUT2D eigenvalue weighted by Crippen LogP contribution is -2.44. The van der Waals surface area contributed by atoms with Gasteiger partial charge in [0.25, 0.3) is 0 Å². The molecule has 0 aliphatic carbocycles. The lowest BCUT2D eigenvalue weighted by Gasteiger charge is -2.31. The number of imidazole rings is 1. The predicted octanol–water partition coefficient (Wildman–Crippen LogP) is 1.01. The summed E-state index contributed by atoms with van der Waals surface area (Å²) in [5.41, 5.74) is 1.89. The SMILES string of the molecule is CN1CCN(Cc2nc3ccc(C(=O)O)cc3[nH]2)CC1. The van der Waals surface area contributed by atoms with Crippen molar-refractivity contribution in [2.75, 3.05) is 33.2 Å². The molecule has 106 valence electrons. The number of aromatic carboxylic acids is 1. The summed E-state index contributed by atoms with van der Waals surface area (Å²) in [4.78, 5) is 23.4. The lowest BCUT2D eigenvalue weighted by molar-refractivity contribution is 0.0697. The van der Waals surface area contributed by atoms with Crippen molar-refractivity contribution in [1.29, 1.82) is 0 Å². The maximum Gasteiger partial charge on any atom is 0.335 e. The molecule has 1 saturated heterocycles. The number of likely N-dealkylation sites (N-methyl/N-ethyl adjacent to an activating group) is 1. The van der Waals surface area contributed by atoms with Crippen molar-refractivity contribution >= 4 is 17.0 Å². The maximum atomic E-state index is 11.0. The lowest BCUT2D eigenvalue weighted by atomic mass is 10.2. The number of benzene rings is 1.